The maximum atomic E-state index is 5.82. The zero-order chi connectivity index (χ0) is 13.0. The van der Waals surface area contributed by atoms with Crippen LogP contribution < -0.4 is 5.73 Å². The summed E-state index contributed by atoms with van der Waals surface area (Å²) in [5.41, 5.74) is 6.86. The Bertz CT molecular complexity index is 493. The van der Waals surface area contributed by atoms with Crippen molar-refractivity contribution in [2.24, 2.45) is 0 Å². The minimum absolute atomic E-state index is 0.349. The molecule has 1 aromatic carbocycles. The Morgan fingerprint density at radius 3 is 2.67 bits per heavy atom. The van der Waals surface area contributed by atoms with Crippen molar-refractivity contribution >= 4 is 17.6 Å². The molecule has 0 saturated heterocycles. The van der Waals surface area contributed by atoms with E-state index < -0.39 is 0 Å². The number of nitrogen functional groups attached to an aromatic ring is 1. The highest BCUT2D eigenvalue weighted by Gasteiger charge is 2.13. The SMILES string of the molecule is CC(C)c1c(N)nnn1CCSc1ccccc1. The van der Waals surface area contributed by atoms with Gasteiger partial charge in [0.25, 0.3) is 0 Å². The fourth-order valence-electron chi connectivity index (χ4n) is 1.86. The summed E-state index contributed by atoms with van der Waals surface area (Å²) in [6.45, 7) is 5.04. The van der Waals surface area contributed by atoms with Crippen LogP contribution in [0.25, 0.3) is 0 Å². The number of nitrogens with two attached hydrogens (primary N) is 1. The maximum Gasteiger partial charge on any atom is 0.169 e. The molecule has 0 spiro atoms. The van der Waals surface area contributed by atoms with Gasteiger partial charge in [-0.3, -0.25) is 0 Å². The standard InChI is InChI=1S/C13H18N4S/c1-10(2)12-13(14)15-16-17(12)8-9-18-11-6-4-3-5-7-11/h3-7,10H,8-9,14H2,1-2H3. The van der Waals surface area contributed by atoms with Crippen LogP contribution in [-0.2, 0) is 6.54 Å². The van der Waals surface area contributed by atoms with Crippen molar-refractivity contribution in [2.75, 3.05) is 11.5 Å². The third-order valence-electron chi connectivity index (χ3n) is 2.66. The average molecular weight is 262 g/mol. The van der Waals surface area contributed by atoms with Gasteiger partial charge in [0.05, 0.1) is 12.2 Å². The van der Waals surface area contributed by atoms with Crippen molar-refractivity contribution in [2.45, 2.75) is 31.2 Å². The molecule has 4 nitrogen and oxygen atoms in total. The first-order chi connectivity index (χ1) is 8.68. The fraction of sp³-hybridized carbons (Fsp3) is 0.385. The second-order valence-electron chi connectivity index (χ2n) is 4.40. The molecule has 0 amide bonds. The van der Waals surface area contributed by atoms with Gasteiger partial charge in [-0.25, -0.2) is 4.68 Å². The number of nitrogens with zero attached hydrogens (tertiary/aromatic N) is 3. The van der Waals surface area contributed by atoms with Crippen LogP contribution in [0.1, 0.15) is 25.5 Å². The van der Waals surface area contributed by atoms with Crippen molar-refractivity contribution < 1.29 is 0 Å². The van der Waals surface area contributed by atoms with Gasteiger partial charge in [-0.05, 0) is 18.1 Å². The van der Waals surface area contributed by atoms with E-state index in [-0.39, 0.29) is 0 Å². The summed E-state index contributed by atoms with van der Waals surface area (Å²) >= 11 is 1.82. The third-order valence-corrected chi connectivity index (χ3v) is 3.66. The van der Waals surface area contributed by atoms with Crippen molar-refractivity contribution in [3.8, 4) is 0 Å². The van der Waals surface area contributed by atoms with Gasteiger partial charge in [-0.2, -0.15) is 0 Å². The van der Waals surface area contributed by atoms with Crippen LogP contribution in [0.2, 0.25) is 0 Å². The van der Waals surface area contributed by atoms with Crippen molar-refractivity contribution in [3.63, 3.8) is 0 Å². The van der Waals surface area contributed by atoms with E-state index in [1.165, 1.54) is 4.90 Å². The van der Waals surface area contributed by atoms with E-state index in [4.69, 9.17) is 5.73 Å². The molecule has 18 heavy (non-hydrogen) atoms. The number of hydrogen-bond acceptors (Lipinski definition) is 4. The fourth-order valence-corrected chi connectivity index (χ4v) is 2.71. The first-order valence-electron chi connectivity index (χ1n) is 6.05. The predicted octanol–water partition coefficient (Wildman–Crippen LogP) is 2.78. The summed E-state index contributed by atoms with van der Waals surface area (Å²) < 4.78 is 1.91. The van der Waals surface area contributed by atoms with Crippen LogP contribution in [-0.4, -0.2) is 20.7 Å². The molecule has 1 aromatic heterocycles. The van der Waals surface area contributed by atoms with E-state index in [2.05, 4.69) is 48.4 Å². The number of rotatable bonds is 5. The van der Waals surface area contributed by atoms with E-state index in [1.54, 1.807) is 0 Å². The highest BCUT2D eigenvalue weighted by Crippen LogP contribution is 2.21. The van der Waals surface area contributed by atoms with Gasteiger partial charge in [0.15, 0.2) is 5.82 Å². The summed E-state index contributed by atoms with van der Waals surface area (Å²) in [7, 11) is 0. The van der Waals surface area contributed by atoms with Crippen molar-refractivity contribution in [1.82, 2.24) is 15.0 Å². The van der Waals surface area contributed by atoms with Gasteiger partial charge in [-0.1, -0.05) is 37.3 Å². The smallest absolute Gasteiger partial charge is 0.169 e. The molecule has 0 unspecified atom stereocenters. The minimum atomic E-state index is 0.349. The number of thioether (sulfide) groups is 1. The topological polar surface area (TPSA) is 56.7 Å². The van der Waals surface area contributed by atoms with Crippen LogP contribution in [0.3, 0.4) is 0 Å². The van der Waals surface area contributed by atoms with Crippen LogP contribution in [0, 0.1) is 0 Å². The van der Waals surface area contributed by atoms with Crippen molar-refractivity contribution in [1.29, 1.82) is 0 Å². The van der Waals surface area contributed by atoms with E-state index in [0.29, 0.717) is 11.7 Å². The van der Waals surface area contributed by atoms with E-state index in [0.717, 1.165) is 18.0 Å². The number of aryl methyl sites for hydroxylation is 1. The maximum absolute atomic E-state index is 5.82. The minimum Gasteiger partial charge on any atom is -0.381 e. The Kier molecular flexibility index (Phi) is 4.25. The molecular formula is C13H18N4S. The molecule has 0 radical (unpaired) electrons. The van der Waals surface area contributed by atoms with E-state index in [9.17, 15) is 0 Å². The lowest BCUT2D eigenvalue weighted by Gasteiger charge is -2.09. The molecule has 2 aromatic rings. The van der Waals surface area contributed by atoms with Crippen LogP contribution >= 0.6 is 11.8 Å². The predicted molar refractivity (Wildman–Crippen MR) is 75.7 cm³/mol. The third kappa shape index (κ3) is 3.04. The van der Waals surface area contributed by atoms with E-state index in [1.807, 2.05) is 22.5 Å². The van der Waals surface area contributed by atoms with E-state index >= 15 is 0 Å². The summed E-state index contributed by atoms with van der Waals surface area (Å²) in [5.74, 6) is 1.86. The Morgan fingerprint density at radius 2 is 2.00 bits per heavy atom. The average Bonchev–Trinajstić information content (AvgIpc) is 2.72. The largest absolute Gasteiger partial charge is 0.381 e. The molecule has 1 heterocycles. The quantitative estimate of drug-likeness (QED) is 0.842. The Morgan fingerprint density at radius 1 is 1.28 bits per heavy atom. The number of benzene rings is 1. The lowest BCUT2D eigenvalue weighted by atomic mass is 10.1. The molecule has 0 saturated carbocycles. The highest BCUT2D eigenvalue weighted by atomic mass is 32.2. The van der Waals surface area contributed by atoms with Gasteiger partial charge in [0, 0.05) is 10.6 Å². The molecule has 0 bridgehead atoms. The van der Waals surface area contributed by atoms with Gasteiger partial charge in [0.2, 0.25) is 0 Å². The molecule has 0 atom stereocenters. The molecule has 0 aliphatic rings. The lowest BCUT2D eigenvalue weighted by molar-refractivity contribution is 0.584. The highest BCUT2D eigenvalue weighted by molar-refractivity contribution is 7.99. The molecule has 0 aliphatic carbocycles. The lowest BCUT2D eigenvalue weighted by Crippen LogP contribution is -2.09. The molecule has 0 fully saturated rings. The summed E-state index contributed by atoms with van der Waals surface area (Å²) in [6.07, 6.45) is 0. The number of anilines is 1. The first-order valence-corrected chi connectivity index (χ1v) is 7.03. The Labute approximate surface area is 112 Å². The molecule has 5 heteroatoms. The summed E-state index contributed by atoms with van der Waals surface area (Å²) in [4.78, 5) is 1.27. The molecular weight excluding hydrogens is 244 g/mol. The monoisotopic (exact) mass is 262 g/mol. The molecule has 96 valence electrons. The van der Waals surface area contributed by atoms with Gasteiger partial charge >= 0.3 is 0 Å². The zero-order valence-electron chi connectivity index (χ0n) is 10.7. The Balaban J connectivity index is 1.95. The second kappa shape index (κ2) is 5.91. The van der Waals surface area contributed by atoms with Crippen molar-refractivity contribution in [3.05, 3.63) is 36.0 Å². The van der Waals surface area contributed by atoms with Crippen LogP contribution in [0.5, 0.6) is 0 Å². The van der Waals surface area contributed by atoms with Crippen LogP contribution in [0.4, 0.5) is 5.82 Å². The summed E-state index contributed by atoms with van der Waals surface area (Å²) in [5, 5.41) is 8.04. The second-order valence-corrected chi connectivity index (χ2v) is 5.57. The first kappa shape index (κ1) is 13.0. The normalized spacial score (nSPS) is 11.1. The molecule has 2 N–H and O–H groups in total. The van der Waals surface area contributed by atoms with Gasteiger partial charge in [0.1, 0.15) is 0 Å². The number of aromatic nitrogens is 3. The molecule has 0 aliphatic heterocycles. The van der Waals surface area contributed by atoms with Crippen LogP contribution in [0.15, 0.2) is 35.2 Å². The zero-order valence-corrected chi connectivity index (χ0v) is 11.5. The van der Waals surface area contributed by atoms with Gasteiger partial charge in [-0.15, -0.1) is 16.9 Å². The van der Waals surface area contributed by atoms with Gasteiger partial charge < -0.3 is 5.73 Å². The Hall–Kier alpha value is -1.49. The number of hydrogen-bond donors (Lipinski definition) is 1. The molecule has 2 rings (SSSR count). The summed E-state index contributed by atoms with van der Waals surface area (Å²) in [6, 6.07) is 10.4.